The van der Waals surface area contributed by atoms with Gasteiger partial charge in [0.05, 0.1) is 27.4 Å². The Kier molecular flexibility index (Phi) is 10.5. The van der Waals surface area contributed by atoms with Crippen LogP contribution in [0.25, 0.3) is 6.08 Å². The van der Waals surface area contributed by atoms with Gasteiger partial charge in [-0.2, -0.15) is 0 Å². The van der Waals surface area contributed by atoms with Crippen molar-refractivity contribution in [2.45, 2.75) is 42.9 Å². The van der Waals surface area contributed by atoms with Gasteiger partial charge in [0.15, 0.2) is 29.1 Å². The minimum absolute atomic E-state index is 0.0610. The Morgan fingerprint density at radius 1 is 0.949 bits per heavy atom. The molecule has 0 spiro atoms. The Morgan fingerprint density at radius 2 is 1.62 bits per heavy atom. The van der Waals surface area contributed by atoms with Gasteiger partial charge < -0.3 is 59.4 Å². The van der Waals surface area contributed by atoms with Crippen molar-refractivity contribution >= 4 is 12.0 Å². The van der Waals surface area contributed by atoms with Crippen LogP contribution in [0.1, 0.15) is 17.2 Å². The monoisotopic (exact) mass is 552 g/mol. The van der Waals surface area contributed by atoms with Crippen molar-refractivity contribution in [3.8, 4) is 23.0 Å². The number of ether oxygens (including phenoxy) is 5. The minimum atomic E-state index is -1.63. The van der Waals surface area contributed by atoms with E-state index in [1.54, 1.807) is 6.07 Å². The second-order valence-corrected chi connectivity index (χ2v) is 8.59. The average molecular weight is 553 g/mol. The first-order valence-corrected chi connectivity index (χ1v) is 11.8. The van der Waals surface area contributed by atoms with Crippen molar-refractivity contribution in [1.29, 1.82) is 0 Å². The molecule has 39 heavy (non-hydrogen) atoms. The van der Waals surface area contributed by atoms with Crippen LogP contribution in [-0.4, -0.2) is 106 Å². The van der Waals surface area contributed by atoms with Crippen LogP contribution in [0.5, 0.6) is 23.0 Å². The topological polar surface area (TPSA) is 205 Å². The standard InChI is InChI=1S/C26H32O13/c1-35-17-9-13(4-8-21(29)30)3-6-15(17)37-19(11-27)22(31)14-5-7-16(18(10-14)36-2)38-26-25(34)24(33)23(32)20(12-28)39-26/h3-10,19-20,22-28,31-34H,11-12H2,1-2H3,(H,29,30)/t19-,20+,22-,23+,24-,25+,26+/m0/s1. The molecule has 0 bridgehead atoms. The summed E-state index contributed by atoms with van der Waals surface area (Å²) in [6.07, 6.45) is -7.60. The van der Waals surface area contributed by atoms with Gasteiger partial charge in [-0.25, -0.2) is 4.79 Å². The third-order valence-electron chi connectivity index (χ3n) is 6.04. The van der Waals surface area contributed by atoms with Gasteiger partial charge in [0.2, 0.25) is 6.29 Å². The number of aliphatic carboxylic acids is 1. The van der Waals surface area contributed by atoms with Crippen molar-refractivity contribution in [1.82, 2.24) is 0 Å². The van der Waals surface area contributed by atoms with Crippen LogP contribution in [0.3, 0.4) is 0 Å². The van der Waals surface area contributed by atoms with E-state index in [1.165, 1.54) is 50.6 Å². The lowest BCUT2D eigenvalue weighted by atomic mass is 9.99. The largest absolute Gasteiger partial charge is 0.493 e. The molecule has 1 aliphatic rings. The molecule has 214 valence electrons. The summed E-state index contributed by atoms with van der Waals surface area (Å²) < 4.78 is 27.4. The maximum absolute atomic E-state index is 11.0. The summed E-state index contributed by atoms with van der Waals surface area (Å²) in [6, 6.07) is 8.88. The minimum Gasteiger partial charge on any atom is -0.493 e. The van der Waals surface area contributed by atoms with Gasteiger partial charge in [0.1, 0.15) is 30.5 Å². The van der Waals surface area contributed by atoms with E-state index in [-0.39, 0.29) is 28.6 Å². The quantitative estimate of drug-likeness (QED) is 0.165. The van der Waals surface area contributed by atoms with Crippen LogP contribution in [0.4, 0.5) is 0 Å². The Morgan fingerprint density at radius 3 is 2.23 bits per heavy atom. The average Bonchev–Trinajstić information content (AvgIpc) is 2.94. The second kappa shape index (κ2) is 13.6. The summed E-state index contributed by atoms with van der Waals surface area (Å²) in [6.45, 7) is -1.21. The van der Waals surface area contributed by atoms with Gasteiger partial charge in [-0.3, -0.25) is 0 Å². The van der Waals surface area contributed by atoms with Crippen molar-refractivity contribution in [3.05, 3.63) is 53.6 Å². The van der Waals surface area contributed by atoms with Crippen LogP contribution >= 0.6 is 0 Å². The molecule has 1 fully saturated rings. The van der Waals surface area contributed by atoms with E-state index in [2.05, 4.69) is 0 Å². The lowest BCUT2D eigenvalue weighted by Gasteiger charge is -2.39. The first kappa shape index (κ1) is 30.1. The van der Waals surface area contributed by atoms with Gasteiger partial charge in [0.25, 0.3) is 0 Å². The maximum atomic E-state index is 11.0. The van der Waals surface area contributed by atoms with E-state index in [4.69, 9.17) is 28.8 Å². The molecule has 2 aromatic carbocycles. The molecular weight excluding hydrogens is 520 g/mol. The molecule has 0 amide bonds. The highest BCUT2D eigenvalue weighted by atomic mass is 16.7. The molecule has 13 nitrogen and oxygen atoms in total. The fraction of sp³-hybridized carbons (Fsp3) is 0.423. The van der Waals surface area contributed by atoms with E-state index in [9.17, 15) is 35.4 Å². The number of carboxylic acid groups (broad SMARTS) is 1. The number of hydrogen-bond acceptors (Lipinski definition) is 12. The third-order valence-corrected chi connectivity index (χ3v) is 6.04. The number of carboxylic acids is 1. The van der Waals surface area contributed by atoms with Crippen molar-refractivity contribution in [2.75, 3.05) is 27.4 Å². The lowest BCUT2D eigenvalue weighted by Crippen LogP contribution is -2.60. The zero-order valence-electron chi connectivity index (χ0n) is 21.2. The highest BCUT2D eigenvalue weighted by Crippen LogP contribution is 2.36. The van der Waals surface area contributed by atoms with Gasteiger partial charge >= 0.3 is 5.97 Å². The summed E-state index contributed by atoms with van der Waals surface area (Å²) in [4.78, 5) is 10.8. The summed E-state index contributed by atoms with van der Waals surface area (Å²) in [5.74, 6) is -0.511. The van der Waals surface area contributed by atoms with Crippen LogP contribution in [0.15, 0.2) is 42.5 Å². The first-order chi connectivity index (χ1) is 18.6. The summed E-state index contributed by atoms with van der Waals surface area (Å²) in [7, 11) is 2.72. The number of aliphatic hydroxyl groups is 6. The van der Waals surface area contributed by atoms with Gasteiger partial charge in [0, 0.05) is 6.08 Å². The number of aliphatic hydroxyl groups excluding tert-OH is 6. The molecule has 1 heterocycles. The number of benzene rings is 2. The molecule has 3 rings (SSSR count). The number of hydrogen-bond donors (Lipinski definition) is 7. The summed E-state index contributed by atoms with van der Waals surface area (Å²) >= 11 is 0. The molecule has 1 aliphatic heterocycles. The molecule has 0 radical (unpaired) electrons. The SMILES string of the molecule is COc1cc([C@H](O)[C@H](CO)Oc2ccc(C=CC(=O)O)cc2OC)ccc1O[C@@H]1O[C@H](CO)[C@@H](O)[C@H](O)[C@H]1O. The normalized spacial score (nSPS) is 24.7. The van der Waals surface area contributed by atoms with E-state index in [0.29, 0.717) is 5.56 Å². The van der Waals surface area contributed by atoms with Crippen LogP contribution in [0, 0.1) is 0 Å². The number of carbonyl (C=O) groups is 1. The van der Waals surface area contributed by atoms with Crippen molar-refractivity contribution in [2.24, 2.45) is 0 Å². The third kappa shape index (κ3) is 7.16. The van der Waals surface area contributed by atoms with E-state index in [1.807, 2.05) is 0 Å². The second-order valence-electron chi connectivity index (χ2n) is 8.59. The van der Waals surface area contributed by atoms with E-state index in [0.717, 1.165) is 6.08 Å². The molecule has 2 aromatic rings. The lowest BCUT2D eigenvalue weighted by molar-refractivity contribution is -0.277. The van der Waals surface area contributed by atoms with E-state index >= 15 is 0 Å². The first-order valence-electron chi connectivity index (χ1n) is 11.8. The highest BCUT2D eigenvalue weighted by Gasteiger charge is 2.45. The van der Waals surface area contributed by atoms with Crippen LogP contribution in [0.2, 0.25) is 0 Å². The molecular formula is C26H32O13. The zero-order valence-corrected chi connectivity index (χ0v) is 21.2. The zero-order chi connectivity index (χ0) is 28.7. The Labute approximate surface area is 223 Å². The smallest absolute Gasteiger partial charge is 0.328 e. The van der Waals surface area contributed by atoms with E-state index < -0.39 is 62.1 Å². The predicted molar refractivity (Wildman–Crippen MR) is 134 cm³/mol. The maximum Gasteiger partial charge on any atom is 0.328 e. The van der Waals surface area contributed by atoms with Crippen LogP contribution < -0.4 is 18.9 Å². The van der Waals surface area contributed by atoms with Gasteiger partial charge in [-0.15, -0.1) is 0 Å². The van der Waals surface area contributed by atoms with Gasteiger partial charge in [-0.1, -0.05) is 12.1 Å². The predicted octanol–water partition coefficient (Wildman–Crippen LogP) is -0.546. The van der Waals surface area contributed by atoms with Crippen LogP contribution in [-0.2, 0) is 9.53 Å². The Hall–Kier alpha value is -3.43. The summed E-state index contributed by atoms with van der Waals surface area (Å²) in [5.41, 5.74) is 0.800. The molecule has 1 saturated heterocycles. The Balaban J connectivity index is 1.78. The number of methoxy groups -OCH3 is 2. The van der Waals surface area contributed by atoms with Gasteiger partial charge in [-0.05, 0) is 41.5 Å². The molecule has 0 aromatic heterocycles. The Bertz CT molecular complexity index is 1130. The number of rotatable bonds is 12. The molecule has 7 atom stereocenters. The molecule has 0 unspecified atom stereocenters. The fourth-order valence-corrected chi connectivity index (χ4v) is 3.89. The molecule has 0 saturated carbocycles. The molecule has 0 aliphatic carbocycles. The fourth-order valence-electron chi connectivity index (χ4n) is 3.89. The van der Waals surface area contributed by atoms with Crippen molar-refractivity contribution < 1.29 is 64.2 Å². The summed E-state index contributed by atoms with van der Waals surface area (Å²) in [5, 5.41) is 69.2. The van der Waals surface area contributed by atoms with Crippen molar-refractivity contribution in [3.63, 3.8) is 0 Å². The highest BCUT2D eigenvalue weighted by molar-refractivity contribution is 5.85. The molecule has 13 heteroatoms. The molecule has 7 N–H and O–H groups in total.